The number of fused-ring (bicyclic) bond motifs is 1. The second-order valence-electron chi connectivity index (χ2n) is 7.56. The molecular weight excluding hydrogens is 312 g/mol. The summed E-state index contributed by atoms with van der Waals surface area (Å²) in [7, 11) is 0. The van der Waals surface area contributed by atoms with Gasteiger partial charge in [-0.25, -0.2) is 0 Å². The van der Waals surface area contributed by atoms with Gasteiger partial charge in [-0.2, -0.15) is 0 Å². The quantitative estimate of drug-likeness (QED) is 0.788. The fraction of sp³-hybridized carbons (Fsp3) is 0.524. The van der Waals surface area contributed by atoms with Gasteiger partial charge in [0.1, 0.15) is 0 Å². The van der Waals surface area contributed by atoms with Gasteiger partial charge >= 0.3 is 0 Å². The number of nitrogens with zero attached hydrogens (tertiary/aromatic N) is 2. The molecule has 2 aromatic rings. The van der Waals surface area contributed by atoms with Gasteiger partial charge in [0.2, 0.25) is 0 Å². The van der Waals surface area contributed by atoms with E-state index < -0.39 is 0 Å². The monoisotopic (exact) mass is 338 g/mol. The summed E-state index contributed by atoms with van der Waals surface area (Å²) in [6.07, 6.45) is 5.35. The molecule has 0 bridgehead atoms. The minimum atomic E-state index is 0.0296. The highest BCUT2D eigenvalue weighted by Gasteiger charge is 2.37. The molecule has 0 aliphatic carbocycles. The van der Waals surface area contributed by atoms with Gasteiger partial charge in [-0.05, 0) is 57.6 Å². The van der Waals surface area contributed by atoms with Crippen LogP contribution < -0.4 is 0 Å². The van der Waals surface area contributed by atoms with Gasteiger partial charge in [0, 0.05) is 30.8 Å². The van der Waals surface area contributed by atoms with Gasteiger partial charge in [0.05, 0.1) is 16.7 Å². The van der Waals surface area contributed by atoms with Crippen molar-refractivity contribution in [3.05, 3.63) is 41.1 Å². The van der Waals surface area contributed by atoms with E-state index in [1.165, 1.54) is 0 Å². The number of rotatable bonds is 1. The van der Waals surface area contributed by atoms with Crippen LogP contribution in [0, 0.1) is 13.8 Å². The molecular formula is C21H26N2O2. The third-order valence-electron chi connectivity index (χ3n) is 5.77. The van der Waals surface area contributed by atoms with Gasteiger partial charge < -0.3 is 9.64 Å². The van der Waals surface area contributed by atoms with E-state index >= 15 is 0 Å². The standard InChI is InChI=1S/C21H26N2O2/c1-15-6-3-7-17-18(14-16(2)22-19(15)17)20(24)23-11-4-8-21(10-12-23)9-5-13-25-21/h3,6-7,14H,4-5,8-13H2,1-2H3/t21-/m0/s1. The Balaban J connectivity index is 1.65. The van der Waals surface area contributed by atoms with E-state index in [0.717, 1.165) is 79.5 Å². The molecule has 4 nitrogen and oxygen atoms in total. The molecule has 0 saturated carbocycles. The number of hydrogen-bond acceptors (Lipinski definition) is 3. The molecule has 0 unspecified atom stereocenters. The first-order valence-electron chi connectivity index (χ1n) is 9.38. The second kappa shape index (κ2) is 6.41. The molecule has 1 atom stereocenters. The number of aromatic nitrogens is 1. The summed E-state index contributed by atoms with van der Waals surface area (Å²) in [5.74, 6) is 0.135. The lowest BCUT2D eigenvalue weighted by Gasteiger charge is -2.27. The Labute approximate surface area is 149 Å². The topological polar surface area (TPSA) is 42.4 Å². The normalized spacial score (nSPS) is 24.0. The van der Waals surface area contributed by atoms with Crippen LogP contribution in [0.25, 0.3) is 10.9 Å². The number of pyridine rings is 1. The smallest absolute Gasteiger partial charge is 0.254 e. The van der Waals surface area contributed by atoms with E-state index in [2.05, 4.69) is 18.0 Å². The molecule has 0 radical (unpaired) electrons. The summed E-state index contributed by atoms with van der Waals surface area (Å²) in [6.45, 7) is 6.50. The molecule has 4 heteroatoms. The van der Waals surface area contributed by atoms with Crippen LogP contribution in [-0.2, 0) is 4.74 Å². The van der Waals surface area contributed by atoms with Gasteiger partial charge in [0.25, 0.3) is 5.91 Å². The summed E-state index contributed by atoms with van der Waals surface area (Å²) in [5, 5.41) is 0.965. The molecule has 3 heterocycles. The van der Waals surface area contributed by atoms with Crippen molar-refractivity contribution in [2.24, 2.45) is 0 Å². The summed E-state index contributed by atoms with van der Waals surface area (Å²) in [5.41, 5.74) is 3.77. The van der Waals surface area contributed by atoms with Crippen LogP contribution in [0.3, 0.4) is 0 Å². The van der Waals surface area contributed by atoms with Crippen LogP contribution in [0.15, 0.2) is 24.3 Å². The lowest BCUT2D eigenvalue weighted by Crippen LogP contribution is -2.34. The summed E-state index contributed by atoms with van der Waals surface area (Å²) < 4.78 is 6.05. The third kappa shape index (κ3) is 3.04. The van der Waals surface area contributed by atoms with Crippen molar-refractivity contribution < 1.29 is 9.53 Å². The molecule has 1 amide bonds. The first-order chi connectivity index (χ1) is 12.1. The SMILES string of the molecule is Cc1cc(C(=O)N2CCC[C@]3(CCCO3)CC2)c2cccc(C)c2n1. The Bertz CT molecular complexity index is 809. The highest BCUT2D eigenvalue weighted by Crippen LogP contribution is 2.36. The van der Waals surface area contributed by atoms with Crippen LogP contribution >= 0.6 is 0 Å². The highest BCUT2D eigenvalue weighted by molar-refractivity contribution is 6.06. The second-order valence-corrected chi connectivity index (χ2v) is 7.56. The Morgan fingerprint density at radius 1 is 1.16 bits per heavy atom. The molecule has 2 aliphatic rings. The number of amides is 1. The number of benzene rings is 1. The average molecular weight is 338 g/mol. The Hall–Kier alpha value is -1.94. The fourth-order valence-electron chi connectivity index (χ4n) is 4.39. The maximum Gasteiger partial charge on any atom is 0.254 e. The van der Waals surface area contributed by atoms with Crippen LogP contribution in [0.4, 0.5) is 0 Å². The lowest BCUT2D eigenvalue weighted by molar-refractivity contribution is -0.00691. The van der Waals surface area contributed by atoms with E-state index in [1.807, 2.05) is 30.0 Å². The van der Waals surface area contributed by atoms with E-state index in [4.69, 9.17) is 4.74 Å². The van der Waals surface area contributed by atoms with Crippen molar-refractivity contribution in [3.63, 3.8) is 0 Å². The number of ether oxygens (including phenoxy) is 1. The number of para-hydroxylation sites is 1. The molecule has 25 heavy (non-hydrogen) atoms. The fourth-order valence-corrected chi connectivity index (χ4v) is 4.39. The number of likely N-dealkylation sites (tertiary alicyclic amines) is 1. The third-order valence-corrected chi connectivity index (χ3v) is 5.77. The average Bonchev–Trinajstić information content (AvgIpc) is 2.95. The number of carbonyl (C=O) groups is 1. The van der Waals surface area contributed by atoms with E-state index in [0.29, 0.717) is 0 Å². The van der Waals surface area contributed by atoms with Crippen molar-refractivity contribution in [1.82, 2.24) is 9.88 Å². The zero-order valence-electron chi connectivity index (χ0n) is 15.2. The van der Waals surface area contributed by atoms with Crippen LogP contribution in [0.1, 0.15) is 53.7 Å². The van der Waals surface area contributed by atoms with Crippen molar-refractivity contribution in [1.29, 1.82) is 0 Å². The van der Waals surface area contributed by atoms with Crippen molar-refractivity contribution in [2.75, 3.05) is 19.7 Å². The maximum atomic E-state index is 13.3. The first-order valence-corrected chi connectivity index (χ1v) is 9.38. The van der Waals surface area contributed by atoms with E-state index in [9.17, 15) is 4.79 Å². The maximum absolute atomic E-state index is 13.3. The molecule has 132 valence electrons. The Morgan fingerprint density at radius 3 is 2.80 bits per heavy atom. The van der Waals surface area contributed by atoms with Gasteiger partial charge in [-0.15, -0.1) is 0 Å². The molecule has 0 N–H and O–H groups in total. The zero-order chi connectivity index (χ0) is 17.4. The predicted octanol–water partition coefficient (Wildman–Crippen LogP) is 4.03. The Morgan fingerprint density at radius 2 is 2.00 bits per heavy atom. The molecule has 1 spiro atoms. The van der Waals surface area contributed by atoms with Crippen molar-refractivity contribution >= 4 is 16.8 Å². The molecule has 2 aliphatic heterocycles. The van der Waals surface area contributed by atoms with Crippen molar-refractivity contribution in [3.8, 4) is 0 Å². The number of hydrogen-bond donors (Lipinski definition) is 0. The summed E-state index contributed by atoms with van der Waals surface area (Å²) in [4.78, 5) is 20.0. The van der Waals surface area contributed by atoms with Crippen molar-refractivity contribution in [2.45, 2.75) is 51.6 Å². The molecule has 4 rings (SSSR count). The number of aryl methyl sites for hydroxylation is 2. The Kier molecular flexibility index (Phi) is 4.24. The highest BCUT2D eigenvalue weighted by atomic mass is 16.5. The molecule has 1 aromatic heterocycles. The minimum absolute atomic E-state index is 0.0296. The van der Waals surface area contributed by atoms with E-state index in [-0.39, 0.29) is 11.5 Å². The van der Waals surface area contributed by atoms with Crippen LogP contribution in [0.5, 0.6) is 0 Å². The summed E-state index contributed by atoms with van der Waals surface area (Å²) in [6, 6.07) is 8.02. The molecule has 1 aromatic carbocycles. The van der Waals surface area contributed by atoms with Crippen LogP contribution in [-0.4, -0.2) is 41.1 Å². The number of carbonyl (C=O) groups excluding carboxylic acids is 1. The molecule has 2 saturated heterocycles. The first kappa shape index (κ1) is 16.5. The summed E-state index contributed by atoms with van der Waals surface area (Å²) >= 11 is 0. The van der Waals surface area contributed by atoms with Gasteiger partial charge in [0.15, 0.2) is 0 Å². The molecule has 2 fully saturated rings. The lowest BCUT2D eigenvalue weighted by atomic mass is 9.92. The largest absolute Gasteiger partial charge is 0.375 e. The van der Waals surface area contributed by atoms with Crippen LogP contribution in [0.2, 0.25) is 0 Å². The minimum Gasteiger partial charge on any atom is -0.375 e. The van der Waals surface area contributed by atoms with E-state index in [1.54, 1.807) is 0 Å². The van der Waals surface area contributed by atoms with Gasteiger partial charge in [-0.3, -0.25) is 9.78 Å². The predicted molar refractivity (Wildman–Crippen MR) is 98.9 cm³/mol. The van der Waals surface area contributed by atoms with Gasteiger partial charge in [-0.1, -0.05) is 18.2 Å². The zero-order valence-corrected chi connectivity index (χ0v) is 15.2.